The van der Waals surface area contributed by atoms with Gasteiger partial charge in [-0.25, -0.2) is 9.78 Å². The molecule has 0 aliphatic rings. The Morgan fingerprint density at radius 2 is 2.07 bits per heavy atom. The maximum Gasteiger partial charge on any atom is 0.411 e. The lowest BCUT2D eigenvalue weighted by Crippen LogP contribution is -2.10. The summed E-state index contributed by atoms with van der Waals surface area (Å²) in [4.78, 5) is 16.4. The summed E-state index contributed by atoms with van der Waals surface area (Å²) in [5.41, 5.74) is 9.85. The van der Waals surface area contributed by atoms with Gasteiger partial charge in [0.1, 0.15) is 5.65 Å². The molecule has 0 bridgehead atoms. The highest BCUT2D eigenvalue weighted by molar-refractivity contribution is 6.33. The molecule has 0 unspecified atom stereocenters. The molecule has 4 aromatic rings. The lowest BCUT2D eigenvalue weighted by atomic mass is 10.1. The van der Waals surface area contributed by atoms with E-state index in [1.54, 1.807) is 0 Å². The van der Waals surface area contributed by atoms with Crippen molar-refractivity contribution in [3.63, 3.8) is 0 Å². The van der Waals surface area contributed by atoms with Crippen molar-refractivity contribution in [1.82, 2.24) is 9.38 Å². The number of halogens is 1. The minimum Gasteiger partial charge on any atom is -0.453 e. The molecule has 0 fully saturated rings. The second-order valence-corrected chi connectivity index (χ2v) is 6.43. The zero-order valence-electron chi connectivity index (χ0n) is 14.6. The van der Waals surface area contributed by atoms with Gasteiger partial charge in [-0.15, -0.1) is 0 Å². The molecular formula is C20H17ClN4O2. The molecule has 2 aromatic heterocycles. The van der Waals surface area contributed by atoms with Gasteiger partial charge in [-0.05, 0) is 29.7 Å². The number of carbonyl (C=O) groups excluding carboxylic acids is 1. The zero-order valence-corrected chi connectivity index (χ0v) is 15.3. The van der Waals surface area contributed by atoms with Crippen LogP contribution in [-0.4, -0.2) is 22.6 Å². The highest BCUT2D eigenvalue weighted by Crippen LogP contribution is 2.33. The van der Waals surface area contributed by atoms with Crippen LogP contribution in [0.3, 0.4) is 0 Å². The molecule has 0 atom stereocenters. The molecule has 6 nitrogen and oxygen atoms in total. The molecule has 136 valence electrons. The average molecular weight is 381 g/mol. The number of ether oxygens (including phenoxy) is 1. The molecule has 0 aliphatic carbocycles. The fraction of sp³-hybridized carbons (Fsp3) is 0.100. The van der Waals surface area contributed by atoms with Crippen molar-refractivity contribution in [2.45, 2.75) is 6.54 Å². The standard InChI is InChI=1S/C20H17ClN4O2/c1-27-20(26)23-13-7-6-12-8-9-25-17(11-22)18(24-19(25)15(12)10-13)14-4-2-3-5-16(14)21/h2-10H,11,22H2,1H3,(H,23,26). The lowest BCUT2D eigenvalue weighted by Gasteiger charge is -2.07. The van der Waals surface area contributed by atoms with Crippen LogP contribution in [0.2, 0.25) is 5.02 Å². The van der Waals surface area contributed by atoms with Gasteiger partial charge in [-0.1, -0.05) is 35.9 Å². The van der Waals surface area contributed by atoms with Crippen LogP contribution in [0.4, 0.5) is 10.5 Å². The minimum absolute atomic E-state index is 0.313. The Kier molecular flexibility index (Phi) is 4.43. The molecule has 3 N–H and O–H groups in total. The third-order valence-electron chi connectivity index (χ3n) is 4.46. The molecule has 7 heteroatoms. The molecule has 2 aromatic carbocycles. The topological polar surface area (TPSA) is 81.6 Å². The number of rotatable bonds is 3. The highest BCUT2D eigenvalue weighted by Gasteiger charge is 2.17. The van der Waals surface area contributed by atoms with E-state index in [2.05, 4.69) is 10.1 Å². The van der Waals surface area contributed by atoms with Crippen LogP contribution >= 0.6 is 11.6 Å². The van der Waals surface area contributed by atoms with E-state index in [0.29, 0.717) is 17.3 Å². The number of methoxy groups -OCH3 is 1. The molecule has 1 amide bonds. The predicted molar refractivity (Wildman–Crippen MR) is 107 cm³/mol. The number of amides is 1. The monoisotopic (exact) mass is 380 g/mol. The number of fused-ring (bicyclic) bond motifs is 3. The van der Waals surface area contributed by atoms with Crippen LogP contribution in [0.15, 0.2) is 54.7 Å². The van der Waals surface area contributed by atoms with Crippen molar-refractivity contribution in [1.29, 1.82) is 0 Å². The van der Waals surface area contributed by atoms with Crippen molar-refractivity contribution < 1.29 is 9.53 Å². The summed E-state index contributed by atoms with van der Waals surface area (Å²) in [5.74, 6) is 0. The molecule has 0 radical (unpaired) electrons. The number of nitrogens with one attached hydrogen (secondary N) is 1. The van der Waals surface area contributed by atoms with Crippen LogP contribution in [-0.2, 0) is 11.3 Å². The number of hydrogen-bond acceptors (Lipinski definition) is 4. The normalized spacial score (nSPS) is 11.1. The average Bonchev–Trinajstić information content (AvgIpc) is 3.07. The minimum atomic E-state index is -0.524. The Morgan fingerprint density at radius 1 is 1.26 bits per heavy atom. The molecule has 0 saturated heterocycles. The van der Waals surface area contributed by atoms with E-state index in [1.165, 1.54) is 7.11 Å². The first-order valence-corrected chi connectivity index (χ1v) is 8.74. The number of imidazole rings is 1. The largest absolute Gasteiger partial charge is 0.453 e. The quantitative estimate of drug-likeness (QED) is 0.550. The van der Waals surface area contributed by atoms with E-state index in [4.69, 9.17) is 22.3 Å². The van der Waals surface area contributed by atoms with Gasteiger partial charge in [-0.2, -0.15) is 0 Å². The number of nitrogens with zero attached hydrogens (tertiary/aromatic N) is 2. The summed E-state index contributed by atoms with van der Waals surface area (Å²) >= 11 is 6.38. The van der Waals surface area contributed by atoms with Crippen molar-refractivity contribution in [3.8, 4) is 11.3 Å². The summed E-state index contributed by atoms with van der Waals surface area (Å²) in [7, 11) is 1.33. The number of benzene rings is 2. The molecular weight excluding hydrogens is 364 g/mol. The van der Waals surface area contributed by atoms with Gasteiger partial charge in [0.15, 0.2) is 0 Å². The number of carbonyl (C=O) groups is 1. The summed E-state index contributed by atoms with van der Waals surface area (Å²) in [6.45, 7) is 0.313. The second kappa shape index (κ2) is 6.90. The van der Waals surface area contributed by atoms with E-state index < -0.39 is 6.09 Å². The van der Waals surface area contributed by atoms with Gasteiger partial charge in [0.05, 0.1) is 23.5 Å². The first-order chi connectivity index (χ1) is 13.1. The SMILES string of the molecule is COC(=O)Nc1ccc2ccn3c(CN)c(-c4ccccc4Cl)nc3c2c1. The molecule has 4 rings (SSSR count). The second-order valence-electron chi connectivity index (χ2n) is 6.02. The smallest absolute Gasteiger partial charge is 0.411 e. The third-order valence-corrected chi connectivity index (χ3v) is 4.79. The van der Waals surface area contributed by atoms with E-state index in [9.17, 15) is 4.79 Å². The summed E-state index contributed by atoms with van der Waals surface area (Å²) in [6, 6.07) is 15.1. The Bertz CT molecular complexity index is 1170. The summed E-state index contributed by atoms with van der Waals surface area (Å²) in [6.07, 6.45) is 1.42. The van der Waals surface area contributed by atoms with E-state index in [1.807, 2.05) is 59.1 Å². The predicted octanol–water partition coefficient (Wildman–Crippen LogP) is 4.44. The van der Waals surface area contributed by atoms with Gasteiger partial charge in [0.25, 0.3) is 0 Å². The summed E-state index contributed by atoms with van der Waals surface area (Å²) < 4.78 is 6.62. The van der Waals surface area contributed by atoms with E-state index >= 15 is 0 Å². The van der Waals surface area contributed by atoms with Crippen LogP contribution in [0, 0.1) is 0 Å². The maximum absolute atomic E-state index is 11.5. The Hall–Kier alpha value is -3.09. The van der Waals surface area contributed by atoms with Gasteiger partial charge in [0.2, 0.25) is 0 Å². The number of anilines is 1. The number of hydrogen-bond donors (Lipinski definition) is 2. The van der Waals surface area contributed by atoms with Gasteiger partial charge >= 0.3 is 6.09 Å². The van der Waals surface area contributed by atoms with Crippen LogP contribution in [0.25, 0.3) is 27.7 Å². The van der Waals surface area contributed by atoms with Crippen molar-refractivity contribution >= 4 is 39.8 Å². The first kappa shape index (κ1) is 17.3. The maximum atomic E-state index is 11.5. The van der Waals surface area contributed by atoms with Crippen LogP contribution in [0.1, 0.15) is 5.69 Å². The summed E-state index contributed by atoms with van der Waals surface area (Å²) in [5, 5.41) is 5.18. The Morgan fingerprint density at radius 3 is 2.81 bits per heavy atom. The number of pyridine rings is 1. The Balaban J connectivity index is 1.97. The van der Waals surface area contributed by atoms with Gasteiger partial charge in [0, 0.05) is 29.4 Å². The fourth-order valence-electron chi connectivity index (χ4n) is 3.18. The number of aromatic nitrogens is 2. The first-order valence-electron chi connectivity index (χ1n) is 8.36. The number of nitrogens with two attached hydrogens (primary N) is 1. The third kappa shape index (κ3) is 2.99. The van der Waals surface area contributed by atoms with Crippen LogP contribution < -0.4 is 11.1 Å². The van der Waals surface area contributed by atoms with E-state index in [0.717, 1.165) is 33.4 Å². The van der Waals surface area contributed by atoms with Crippen molar-refractivity contribution in [2.75, 3.05) is 12.4 Å². The lowest BCUT2D eigenvalue weighted by molar-refractivity contribution is 0.187. The fourth-order valence-corrected chi connectivity index (χ4v) is 3.40. The van der Waals surface area contributed by atoms with Gasteiger partial charge in [-0.3, -0.25) is 5.32 Å². The molecule has 27 heavy (non-hydrogen) atoms. The molecule has 0 aliphatic heterocycles. The van der Waals surface area contributed by atoms with Crippen LogP contribution in [0.5, 0.6) is 0 Å². The molecule has 0 saturated carbocycles. The molecule has 2 heterocycles. The Labute approximate surface area is 160 Å². The zero-order chi connectivity index (χ0) is 19.0. The highest BCUT2D eigenvalue weighted by atomic mass is 35.5. The van der Waals surface area contributed by atoms with Crippen molar-refractivity contribution in [2.24, 2.45) is 5.73 Å². The molecule has 0 spiro atoms. The van der Waals surface area contributed by atoms with Crippen molar-refractivity contribution in [3.05, 3.63) is 65.4 Å². The van der Waals surface area contributed by atoms with E-state index in [-0.39, 0.29) is 0 Å². The van der Waals surface area contributed by atoms with Gasteiger partial charge < -0.3 is 14.9 Å².